The normalized spacial score (nSPS) is 22.0. The third-order valence-corrected chi connectivity index (χ3v) is 7.86. The number of morpholine rings is 1. The van der Waals surface area contributed by atoms with Gasteiger partial charge in [0.05, 0.1) is 43.5 Å². The maximum Gasteiger partial charge on any atom is 0.416 e. The average molecular weight is 533 g/mol. The summed E-state index contributed by atoms with van der Waals surface area (Å²) < 4.78 is 51.4. The van der Waals surface area contributed by atoms with E-state index >= 15 is 0 Å². The number of alkyl halides is 3. The number of fused-ring (bicyclic) bond motifs is 3. The van der Waals surface area contributed by atoms with E-state index in [-0.39, 0.29) is 18.4 Å². The number of nitrogens with one attached hydrogen (secondary N) is 1. The molecule has 2 aromatic rings. The van der Waals surface area contributed by atoms with Gasteiger partial charge < -0.3 is 24.6 Å². The number of carbonyl (C=O) groups is 1. The second kappa shape index (κ2) is 11.4. The minimum Gasteiger partial charge on any atom is -0.495 e. The summed E-state index contributed by atoms with van der Waals surface area (Å²) in [5.41, 5.74) is 1.65. The smallest absolute Gasteiger partial charge is 0.416 e. The van der Waals surface area contributed by atoms with Gasteiger partial charge in [0, 0.05) is 45.0 Å². The number of ether oxygens (including phenoxy) is 2. The molecule has 3 heterocycles. The Kier molecular flexibility index (Phi) is 7.99. The number of anilines is 2. The lowest BCUT2D eigenvalue weighted by molar-refractivity contribution is -0.137. The predicted molar refractivity (Wildman–Crippen MR) is 140 cm³/mol. The van der Waals surface area contributed by atoms with E-state index in [1.54, 1.807) is 13.2 Å². The summed E-state index contributed by atoms with van der Waals surface area (Å²) in [6.07, 6.45) is -3.34. The van der Waals surface area contributed by atoms with Gasteiger partial charge in [0.25, 0.3) is 0 Å². The summed E-state index contributed by atoms with van der Waals surface area (Å²) in [5.74, 6) is 0.190. The van der Waals surface area contributed by atoms with Crippen LogP contribution in [-0.4, -0.2) is 83.0 Å². The summed E-state index contributed by atoms with van der Waals surface area (Å²) in [4.78, 5) is 20.2. The fourth-order valence-electron chi connectivity index (χ4n) is 5.88. The van der Waals surface area contributed by atoms with Crippen molar-refractivity contribution in [2.45, 2.75) is 25.1 Å². The second-order valence-electron chi connectivity index (χ2n) is 10.1. The molecule has 2 aromatic carbocycles. The highest BCUT2D eigenvalue weighted by Crippen LogP contribution is 2.41. The Balaban J connectivity index is 1.35. The summed E-state index contributed by atoms with van der Waals surface area (Å²) in [6.45, 7) is 6.51. The lowest BCUT2D eigenvalue weighted by atomic mass is 9.82. The Morgan fingerprint density at radius 3 is 2.63 bits per heavy atom. The summed E-state index contributed by atoms with van der Waals surface area (Å²) in [6, 6.07) is 11.6. The number of nitrogens with zero attached hydrogens (tertiary/aromatic N) is 3. The molecule has 0 bridgehead atoms. The number of amides is 1. The summed E-state index contributed by atoms with van der Waals surface area (Å²) in [5, 5.41) is 3.09. The van der Waals surface area contributed by atoms with Crippen molar-refractivity contribution in [1.29, 1.82) is 0 Å². The maximum atomic E-state index is 13.5. The van der Waals surface area contributed by atoms with Crippen LogP contribution in [0.2, 0.25) is 0 Å². The lowest BCUT2D eigenvalue weighted by Crippen LogP contribution is -2.61. The maximum absolute atomic E-state index is 13.5. The van der Waals surface area contributed by atoms with Crippen LogP contribution in [0, 0.1) is 5.92 Å². The zero-order chi connectivity index (χ0) is 26.7. The fraction of sp³-hybridized carbons (Fsp3) is 0.536. The highest BCUT2D eigenvalue weighted by molar-refractivity contribution is 5.82. The molecule has 0 saturated carbocycles. The molecule has 0 aromatic heterocycles. The van der Waals surface area contributed by atoms with Crippen LogP contribution in [0.3, 0.4) is 0 Å². The number of methoxy groups -OCH3 is 1. The van der Waals surface area contributed by atoms with Crippen molar-refractivity contribution in [2.24, 2.45) is 5.92 Å². The van der Waals surface area contributed by atoms with Crippen molar-refractivity contribution in [3.63, 3.8) is 0 Å². The summed E-state index contributed by atoms with van der Waals surface area (Å²) >= 11 is 0. The Morgan fingerprint density at radius 2 is 1.87 bits per heavy atom. The molecular formula is C28H35F3N4O3. The van der Waals surface area contributed by atoms with E-state index in [9.17, 15) is 18.0 Å². The van der Waals surface area contributed by atoms with Gasteiger partial charge in [-0.25, -0.2) is 0 Å². The van der Waals surface area contributed by atoms with E-state index in [0.717, 1.165) is 62.5 Å². The molecule has 2 atom stereocenters. The Labute approximate surface area is 221 Å². The van der Waals surface area contributed by atoms with Crippen molar-refractivity contribution in [3.05, 3.63) is 53.6 Å². The van der Waals surface area contributed by atoms with E-state index < -0.39 is 17.7 Å². The largest absolute Gasteiger partial charge is 0.495 e. The average Bonchev–Trinajstić information content (AvgIpc) is 2.94. The zero-order valence-electron chi connectivity index (χ0n) is 21.7. The third-order valence-electron chi connectivity index (χ3n) is 7.86. The standard InChI is InChI=1S/C28H35F3N4O3/c1-37-26-6-3-2-5-24(26)34-11-12-35-23-8-7-21(28(29,30)31)17-20(23)18-22(25(35)19-34)27(36)32-9-4-10-33-13-15-38-16-14-33/h2-3,5-8,17,22,25H,4,9-16,18-19H2,1H3,(H,32,36)/t22-,25-/m1/s1. The highest BCUT2D eigenvalue weighted by Gasteiger charge is 2.43. The number of rotatable bonds is 7. The second-order valence-corrected chi connectivity index (χ2v) is 10.1. The zero-order valence-corrected chi connectivity index (χ0v) is 21.7. The van der Waals surface area contributed by atoms with Crippen LogP contribution in [0.25, 0.3) is 0 Å². The first-order valence-electron chi connectivity index (χ1n) is 13.3. The van der Waals surface area contributed by atoms with Crippen LogP contribution in [0.5, 0.6) is 5.75 Å². The predicted octanol–water partition coefficient (Wildman–Crippen LogP) is 3.42. The van der Waals surface area contributed by atoms with Gasteiger partial charge in [-0.3, -0.25) is 9.69 Å². The van der Waals surface area contributed by atoms with Crippen molar-refractivity contribution in [3.8, 4) is 5.75 Å². The highest BCUT2D eigenvalue weighted by atomic mass is 19.4. The first kappa shape index (κ1) is 26.6. The molecule has 0 unspecified atom stereocenters. The van der Waals surface area contributed by atoms with Gasteiger partial charge in [-0.2, -0.15) is 13.2 Å². The van der Waals surface area contributed by atoms with Crippen molar-refractivity contribution in [1.82, 2.24) is 10.2 Å². The molecule has 0 aliphatic carbocycles. The topological polar surface area (TPSA) is 57.3 Å². The molecule has 2 fully saturated rings. The number of hydrogen-bond donors (Lipinski definition) is 1. The van der Waals surface area contributed by atoms with Gasteiger partial charge in [0.15, 0.2) is 0 Å². The molecule has 1 N–H and O–H groups in total. The van der Waals surface area contributed by atoms with Gasteiger partial charge >= 0.3 is 6.18 Å². The van der Waals surface area contributed by atoms with Crippen LogP contribution in [0.4, 0.5) is 24.5 Å². The molecule has 0 radical (unpaired) electrons. The fourth-order valence-corrected chi connectivity index (χ4v) is 5.88. The number of para-hydroxylation sites is 2. The number of hydrogen-bond acceptors (Lipinski definition) is 6. The molecule has 5 rings (SSSR count). The Bertz CT molecular complexity index is 1120. The molecule has 3 aliphatic heterocycles. The van der Waals surface area contributed by atoms with Gasteiger partial charge in [0.2, 0.25) is 5.91 Å². The minimum atomic E-state index is -4.42. The molecule has 38 heavy (non-hydrogen) atoms. The Morgan fingerprint density at radius 1 is 1.08 bits per heavy atom. The van der Waals surface area contributed by atoms with Crippen LogP contribution < -0.4 is 19.9 Å². The van der Waals surface area contributed by atoms with Crippen LogP contribution in [-0.2, 0) is 22.1 Å². The molecule has 10 heteroatoms. The molecule has 0 spiro atoms. The van der Waals surface area contributed by atoms with Crippen molar-refractivity contribution in [2.75, 3.05) is 75.9 Å². The first-order valence-corrected chi connectivity index (χ1v) is 13.3. The molecule has 2 saturated heterocycles. The van der Waals surface area contributed by atoms with E-state index in [1.165, 1.54) is 6.07 Å². The quantitative estimate of drug-likeness (QED) is 0.552. The number of piperazine rings is 1. The molecule has 206 valence electrons. The number of benzene rings is 2. The molecule has 7 nitrogen and oxygen atoms in total. The van der Waals surface area contributed by atoms with E-state index in [4.69, 9.17) is 9.47 Å². The van der Waals surface area contributed by atoms with Crippen LogP contribution in [0.15, 0.2) is 42.5 Å². The number of carbonyl (C=O) groups excluding carboxylic acids is 1. The first-order chi connectivity index (χ1) is 18.3. The van der Waals surface area contributed by atoms with Gasteiger partial charge in [-0.1, -0.05) is 12.1 Å². The molecule has 3 aliphatic rings. The van der Waals surface area contributed by atoms with Gasteiger partial charge in [-0.15, -0.1) is 0 Å². The van der Waals surface area contributed by atoms with E-state index in [2.05, 4.69) is 20.0 Å². The third kappa shape index (κ3) is 5.71. The lowest BCUT2D eigenvalue weighted by Gasteiger charge is -2.49. The number of halogens is 3. The van der Waals surface area contributed by atoms with Crippen molar-refractivity contribution >= 4 is 17.3 Å². The van der Waals surface area contributed by atoms with E-state index in [0.29, 0.717) is 31.7 Å². The SMILES string of the molecule is COc1ccccc1N1CCN2c3ccc(C(F)(F)F)cc3C[C@@H](C(=O)NCCCN3CCOCC3)[C@H]2C1. The van der Waals surface area contributed by atoms with Gasteiger partial charge in [-0.05, 0) is 55.3 Å². The summed E-state index contributed by atoms with van der Waals surface area (Å²) in [7, 11) is 1.64. The molecular weight excluding hydrogens is 497 g/mol. The van der Waals surface area contributed by atoms with Crippen LogP contribution in [0.1, 0.15) is 17.5 Å². The Hall–Kier alpha value is -2.98. The van der Waals surface area contributed by atoms with Gasteiger partial charge in [0.1, 0.15) is 5.75 Å². The minimum absolute atomic E-state index is 0.105. The van der Waals surface area contributed by atoms with Crippen LogP contribution >= 0.6 is 0 Å². The van der Waals surface area contributed by atoms with Crippen molar-refractivity contribution < 1.29 is 27.4 Å². The van der Waals surface area contributed by atoms with E-state index in [1.807, 2.05) is 24.3 Å². The molecule has 1 amide bonds. The monoisotopic (exact) mass is 532 g/mol.